The Kier molecular flexibility index (Phi) is 7.67. The lowest BCUT2D eigenvalue weighted by Crippen LogP contribution is -2.27. The fourth-order valence-corrected chi connectivity index (χ4v) is 3.73. The standard InChI is InChI=1S/C22H20N2O8S/c1-3-31-18-10-15(6-9-17(18)32-13-20(25)30-2)11-19-21(26)23(22(27)33-19)12-14-4-7-16(8-5-14)24(28)29/h4-11H,3,12-13H2,1-2H3/b19-11-. The van der Waals surface area contributed by atoms with Crippen LogP contribution in [0.25, 0.3) is 6.08 Å². The van der Waals surface area contributed by atoms with Crippen LogP contribution in [0, 0.1) is 10.1 Å². The fourth-order valence-electron chi connectivity index (χ4n) is 2.89. The van der Waals surface area contributed by atoms with Crippen LogP contribution in [-0.2, 0) is 20.9 Å². The van der Waals surface area contributed by atoms with Crippen molar-refractivity contribution >= 4 is 40.6 Å². The second-order valence-corrected chi connectivity index (χ2v) is 7.69. The second-order valence-electron chi connectivity index (χ2n) is 6.70. The van der Waals surface area contributed by atoms with E-state index in [0.717, 1.165) is 16.7 Å². The third-order valence-electron chi connectivity index (χ3n) is 4.50. The Morgan fingerprint density at radius 3 is 2.48 bits per heavy atom. The first-order chi connectivity index (χ1) is 15.8. The number of rotatable bonds is 9. The van der Waals surface area contributed by atoms with Crippen LogP contribution in [0.5, 0.6) is 11.5 Å². The first kappa shape index (κ1) is 23.8. The molecule has 2 aromatic carbocycles. The van der Waals surface area contributed by atoms with Gasteiger partial charge in [-0.1, -0.05) is 18.2 Å². The summed E-state index contributed by atoms with van der Waals surface area (Å²) in [7, 11) is 1.26. The molecule has 1 fully saturated rings. The highest BCUT2D eigenvalue weighted by atomic mass is 32.2. The van der Waals surface area contributed by atoms with Crippen LogP contribution < -0.4 is 9.47 Å². The molecule has 172 valence electrons. The Labute approximate surface area is 193 Å². The molecule has 0 spiro atoms. The smallest absolute Gasteiger partial charge is 0.343 e. The minimum absolute atomic E-state index is 0.00447. The summed E-state index contributed by atoms with van der Waals surface area (Å²) < 4.78 is 15.5. The number of amides is 2. The number of nitro benzene ring substituents is 1. The Bertz CT molecular complexity index is 1110. The van der Waals surface area contributed by atoms with Gasteiger partial charge in [0.15, 0.2) is 18.1 Å². The molecule has 10 nitrogen and oxygen atoms in total. The maximum absolute atomic E-state index is 12.8. The number of non-ortho nitro benzene ring substituents is 1. The Morgan fingerprint density at radius 1 is 1.12 bits per heavy atom. The number of nitro groups is 1. The monoisotopic (exact) mass is 472 g/mol. The van der Waals surface area contributed by atoms with Crippen LogP contribution in [0.2, 0.25) is 0 Å². The molecule has 1 aliphatic heterocycles. The summed E-state index contributed by atoms with van der Waals surface area (Å²) in [4.78, 5) is 48.1. The number of benzene rings is 2. The molecule has 0 bridgehead atoms. The van der Waals surface area contributed by atoms with E-state index >= 15 is 0 Å². The molecule has 0 aliphatic carbocycles. The van der Waals surface area contributed by atoms with Gasteiger partial charge in [-0.15, -0.1) is 0 Å². The zero-order chi connectivity index (χ0) is 24.0. The molecule has 0 N–H and O–H groups in total. The third kappa shape index (κ3) is 5.89. The maximum Gasteiger partial charge on any atom is 0.343 e. The van der Waals surface area contributed by atoms with Crippen molar-refractivity contribution in [3.8, 4) is 11.5 Å². The molecule has 33 heavy (non-hydrogen) atoms. The van der Waals surface area contributed by atoms with Gasteiger partial charge in [0.1, 0.15) is 0 Å². The zero-order valence-corrected chi connectivity index (χ0v) is 18.6. The van der Waals surface area contributed by atoms with Crippen LogP contribution in [0.4, 0.5) is 10.5 Å². The van der Waals surface area contributed by atoms with Crippen molar-refractivity contribution in [3.05, 3.63) is 68.6 Å². The molecule has 3 rings (SSSR count). The highest BCUT2D eigenvalue weighted by Gasteiger charge is 2.35. The van der Waals surface area contributed by atoms with E-state index in [-0.39, 0.29) is 23.7 Å². The molecule has 0 atom stereocenters. The van der Waals surface area contributed by atoms with Crippen molar-refractivity contribution in [2.45, 2.75) is 13.5 Å². The molecule has 1 heterocycles. The summed E-state index contributed by atoms with van der Waals surface area (Å²) in [6, 6.07) is 10.6. The third-order valence-corrected chi connectivity index (χ3v) is 5.41. The zero-order valence-electron chi connectivity index (χ0n) is 17.8. The summed E-state index contributed by atoms with van der Waals surface area (Å²) in [5.74, 6) is -0.290. The average molecular weight is 472 g/mol. The Hall–Kier alpha value is -3.86. The lowest BCUT2D eigenvalue weighted by Gasteiger charge is -2.12. The van der Waals surface area contributed by atoms with Crippen molar-refractivity contribution in [1.82, 2.24) is 4.90 Å². The number of ether oxygens (including phenoxy) is 3. The maximum atomic E-state index is 12.8. The van der Waals surface area contributed by atoms with Gasteiger partial charge >= 0.3 is 5.97 Å². The Morgan fingerprint density at radius 2 is 1.85 bits per heavy atom. The number of thioether (sulfide) groups is 1. The van der Waals surface area contributed by atoms with Gasteiger partial charge in [0.2, 0.25) is 0 Å². The van der Waals surface area contributed by atoms with Crippen LogP contribution in [0.3, 0.4) is 0 Å². The van der Waals surface area contributed by atoms with Gasteiger partial charge in [0, 0.05) is 12.1 Å². The van der Waals surface area contributed by atoms with Gasteiger partial charge < -0.3 is 14.2 Å². The number of nitrogens with zero attached hydrogens (tertiary/aromatic N) is 2. The first-order valence-corrected chi connectivity index (χ1v) is 10.6. The van der Waals surface area contributed by atoms with Crippen LogP contribution in [0.15, 0.2) is 47.4 Å². The van der Waals surface area contributed by atoms with Crippen LogP contribution >= 0.6 is 11.8 Å². The van der Waals surface area contributed by atoms with Crippen molar-refractivity contribution in [2.24, 2.45) is 0 Å². The van der Waals surface area contributed by atoms with E-state index in [1.165, 1.54) is 31.4 Å². The van der Waals surface area contributed by atoms with Crippen LogP contribution in [-0.4, -0.2) is 47.3 Å². The summed E-state index contributed by atoms with van der Waals surface area (Å²) in [5.41, 5.74) is 1.12. The quantitative estimate of drug-likeness (QED) is 0.232. The summed E-state index contributed by atoms with van der Waals surface area (Å²) in [5, 5.41) is 10.3. The van der Waals surface area contributed by atoms with Crippen molar-refractivity contribution in [3.63, 3.8) is 0 Å². The summed E-state index contributed by atoms with van der Waals surface area (Å²) >= 11 is 0.802. The molecule has 11 heteroatoms. The molecule has 1 saturated heterocycles. The molecule has 0 radical (unpaired) electrons. The van der Waals surface area contributed by atoms with Gasteiger partial charge in [-0.2, -0.15) is 0 Å². The van der Waals surface area contributed by atoms with Gasteiger partial charge in [0.25, 0.3) is 16.8 Å². The normalized spacial score (nSPS) is 14.5. The van der Waals surface area contributed by atoms with Gasteiger partial charge in [-0.05, 0) is 48.0 Å². The molecule has 1 aliphatic rings. The largest absolute Gasteiger partial charge is 0.490 e. The van der Waals surface area contributed by atoms with E-state index in [1.807, 2.05) is 0 Å². The SMILES string of the molecule is CCOc1cc(/C=C2\SC(=O)N(Cc3ccc([N+](=O)[O-])cc3)C2=O)ccc1OCC(=O)OC. The molecule has 0 saturated carbocycles. The van der Waals surface area contributed by atoms with E-state index in [1.54, 1.807) is 31.2 Å². The summed E-state index contributed by atoms with van der Waals surface area (Å²) in [6.07, 6.45) is 1.56. The van der Waals surface area contributed by atoms with E-state index in [4.69, 9.17) is 9.47 Å². The van der Waals surface area contributed by atoms with Crippen molar-refractivity contribution in [1.29, 1.82) is 0 Å². The van der Waals surface area contributed by atoms with E-state index in [9.17, 15) is 24.5 Å². The van der Waals surface area contributed by atoms with E-state index in [0.29, 0.717) is 29.2 Å². The van der Waals surface area contributed by atoms with Gasteiger partial charge in [0.05, 0.1) is 30.1 Å². The molecule has 2 amide bonds. The molecule has 2 aromatic rings. The minimum atomic E-state index is -0.539. The topological polar surface area (TPSA) is 125 Å². The predicted octanol–water partition coefficient (Wildman–Crippen LogP) is 3.78. The first-order valence-electron chi connectivity index (χ1n) is 9.77. The average Bonchev–Trinajstić information content (AvgIpc) is 3.06. The van der Waals surface area contributed by atoms with Crippen molar-refractivity contribution < 1.29 is 33.5 Å². The molecule has 0 aromatic heterocycles. The van der Waals surface area contributed by atoms with Crippen molar-refractivity contribution in [2.75, 3.05) is 20.3 Å². The summed E-state index contributed by atoms with van der Waals surface area (Å²) in [6.45, 7) is 1.87. The van der Waals surface area contributed by atoms with E-state index < -0.39 is 22.0 Å². The lowest BCUT2D eigenvalue weighted by atomic mass is 10.1. The van der Waals surface area contributed by atoms with Gasteiger partial charge in [-0.3, -0.25) is 24.6 Å². The highest BCUT2D eigenvalue weighted by molar-refractivity contribution is 8.18. The van der Waals surface area contributed by atoms with Crippen LogP contribution in [0.1, 0.15) is 18.1 Å². The lowest BCUT2D eigenvalue weighted by molar-refractivity contribution is -0.384. The molecular formula is C22H20N2O8S. The van der Waals surface area contributed by atoms with Gasteiger partial charge in [-0.25, -0.2) is 4.79 Å². The number of esters is 1. The number of imide groups is 1. The second kappa shape index (κ2) is 10.6. The van der Waals surface area contributed by atoms with E-state index in [2.05, 4.69) is 4.74 Å². The highest BCUT2D eigenvalue weighted by Crippen LogP contribution is 2.35. The molecule has 0 unspecified atom stereocenters. The molecular weight excluding hydrogens is 452 g/mol. The Balaban J connectivity index is 1.76. The fraction of sp³-hybridized carbons (Fsp3) is 0.227. The predicted molar refractivity (Wildman–Crippen MR) is 120 cm³/mol. The number of hydrogen-bond donors (Lipinski definition) is 0. The minimum Gasteiger partial charge on any atom is -0.490 e. The number of hydrogen-bond acceptors (Lipinski definition) is 9. The number of methoxy groups -OCH3 is 1. The number of carbonyl (C=O) groups excluding carboxylic acids is 3. The number of carbonyl (C=O) groups is 3.